The predicted octanol–water partition coefficient (Wildman–Crippen LogP) is 3.30. The van der Waals surface area contributed by atoms with Crippen molar-refractivity contribution in [2.75, 3.05) is 25.5 Å². The maximum Gasteiger partial charge on any atom is 0.343 e. The Morgan fingerprint density at radius 1 is 1.13 bits per heavy atom. The molecule has 30 heavy (non-hydrogen) atoms. The summed E-state index contributed by atoms with van der Waals surface area (Å²) in [5, 5.41) is 8.96. The second kappa shape index (κ2) is 10.4. The number of aliphatic hydroxyl groups is 1. The van der Waals surface area contributed by atoms with Crippen molar-refractivity contribution >= 4 is 21.7 Å². The van der Waals surface area contributed by atoms with Gasteiger partial charge in [0.05, 0.1) is 24.8 Å². The maximum absolute atomic E-state index is 13.7. The molecule has 9 heteroatoms. The monoisotopic (exact) mass is 439 g/mol. The van der Waals surface area contributed by atoms with E-state index in [-0.39, 0.29) is 40.5 Å². The highest BCUT2D eigenvalue weighted by molar-refractivity contribution is 7.92. The van der Waals surface area contributed by atoms with Gasteiger partial charge in [0.15, 0.2) is 0 Å². The Labute approximate surface area is 175 Å². The Morgan fingerprint density at radius 3 is 2.47 bits per heavy atom. The molecule has 164 valence electrons. The van der Waals surface area contributed by atoms with Crippen molar-refractivity contribution in [1.29, 1.82) is 0 Å². The molecule has 0 saturated carbocycles. The van der Waals surface area contributed by atoms with E-state index in [1.807, 2.05) is 6.92 Å². The lowest BCUT2D eigenvalue weighted by Crippen LogP contribution is -2.19. The molecule has 0 aromatic heterocycles. The summed E-state index contributed by atoms with van der Waals surface area (Å²) in [5.74, 6) is -1.08. The summed E-state index contributed by atoms with van der Waals surface area (Å²) in [6.45, 7) is 1.83. The summed E-state index contributed by atoms with van der Waals surface area (Å²) in [7, 11) is -1.57. The molecule has 0 bridgehead atoms. The van der Waals surface area contributed by atoms with Crippen molar-refractivity contribution in [2.45, 2.75) is 37.5 Å². The lowest BCUT2D eigenvalue weighted by molar-refractivity contribution is 0.0598. The van der Waals surface area contributed by atoms with E-state index in [0.717, 1.165) is 12.1 Å². The Hall–Kier alpha value is -2.65. The van der Waals surface area contributed by atoms with Crippen LogP contribution >= 0.6 is 0 Å². The lowest BCUT2D eigenvalue weighted by Gasteiger charge is -2.18. The highest BCUT2D eigenvalue weighted by atomic mass is 32.2. The largest absolute Gasteiger partial charge is 0.495 e. The number of aliphatic hydroxyl groups excluding tert-OH is 1. The average Bonchev–Trinajstić information content (AvgIpc) is 2.72. The zero-order valence-corrected chi connectivity index (χ0v) is 18.0. The number of sulfonamides is 1. The summed E-state index contributed by atoms with van der Waals surface area (Å²) in [4.78, 5) is 12.3. The molecule has 0 unspecified atom stereocenters. The molecule has 0 saturated heterocycles. The number of esters is 1. The molecule has 0 aliphatic carbocycles. The van der Waals surface area contributed by atoms with Crippen LogP contribution in [0.1, 0.15) is 41.3 Å². The molecular weight excluding hydrogens is 413 g/mol. The summed E-state index contributed by atoms with van der Waals surface area (Å²) in [6.07, 6.45) is 1.80. The van der Waals surface area contributed by atoms with E-state index < -0.39 is 21.8 Å². The predicted molar refractivity (Wildman–Crippen MR) is 111 cm³/mol. The van der Waals surface area contributed by atoms with E-state index in [0.29, 0.717) is 24.8 Å². The Morgan fingerprint density at radius 2 is 1.87 bits per heavy atom. The molecule has 0 heterocycles. The summed E-state index contributed by atoms with van der Waals surface area (Å²) >= 11 is 0. The number of unbranched alkanes of at least 4 members (excludes halogenated alkanes) is 1. The first-order valence-electron chi connectivity index (χ1n) is 9.49. The van der Waals surface area contributed by atoms with Gasteiger partial charge in [0.25, 0.3) is 10.0 Å². The topological polar surface area (TPSA) is 102 Å². The number of ether oxygens (including phenoxy) is 2. The fourth-order valence-electron chi connectivity index (χ4n) is 3.16. The van der Waals surface area contributed by atoms with Crippen molar-refractivity contribution in [2.24, 2.45) is 0 Å². The second-order valence-electron chi connectivity index (χ2n) is 6.56. The maximum atomic E-state index is 13.7. The van der Waals surface area contributed by atoms with Gasteiger partial charge in [-0.05, 0) is 61.1 Å². The van der Waals surface area contributed by atoms with E-state index >= 15 is 0 Å². The van der Waals surface area contributed by atoms with Crippen molar-refractivity contribution in [3.8, 4) is 5.75 Å². The van der Waals surface area contributed by atoms with Gasteiger partial charge in [-0.1, -0.05) is 13.0 Å². The Bertz CT molecular complexity index is 1010. The van der Waals surface area contributed by atoms with Crippen LogP contribution in [0.4, 0.5) is 10.1 Å². The minimum absolute atomic E-state index is 0.00142. The normalized spacial score (nSPS) is 11.2. The van der Waals surface area contributed by atoms with E-state index in [9.17, 15) is 17.6 Å². The molecule has 2 aromatic rings. The number of methoxy groups -OCH3 is 2. The minimum atomic E-state index is -4.15. The average molecular weight is 440 g/mol. The molecule has 0 amide bonds. The third-order valence-electron chi connectivity index (χ3n) is 4.62. The molecule has 0 atom stereocenters. The van der Waals surface area contributed by atoms with Crippen LogP contribution in [0.5, 0.6) is 5.75 Å². The molecule has 2 rings (SSSR count). The molecule has 0 radical (unpaired) electrons. The molecule has 0 aliphatic heterocycles. The molecule has 2 N–H and O–H groups in total. The van der Waals surface area contributed by atoms with Crippen LogP contribution in [0.2, 0.25) is 0 Å². The quantitative estimate of drug-likeness (QED) is 0.435. The molecule has 0 aliphatic rings. The smallest absolute Gasteiger partial charge is 0.343 e. The van der Waals surface area contributed by atoms with Gasteiger partial charge in [-0.3, -0.25) is 4.72 Å². The van der Waals surface area contributed by atoms with Gasteiger partial charge in [-0.15, -0.1) is 0 Å². The summed E-state index contributed by atoms with van der Waals surface area (Å²) < 4.78 is 52.5. The van der Waals surface area contributed by atoms with Crippen molar-refractivity contribution in [3.05, 3.63) is 52.8 Å². The van der Waals surface area contributed by atoms with Crippen LogP contribution < -0.4 is 9.46 Å². The Kier molecular flexibility index (Phi) is 8.19. The van der Waals surface area contributed by atoms with E-state index in [4.69, 9.17) is 14.6 Å². The number of carbonyl (C=O) groups is 1. The van der Waals surface area contributed by atoms with Gasteiger partial charge in [-0.2, -0.15) is 0 Å². The lowest BCUT2D eigenvalue weighted by atomic mass is 10.0. The molecule has 0 fully saturated rings. The first-order chi connectivity index (χ1) is 14.3. The van der Waals surface area contributed by atoms with Crippen LogP contribution in [0.3, 0.4) is 0 Å². The highest BCUT2D eigenvalue weighted by Crippen LogP contribution is 2.33. The van der Waals surface area contributed by atoms with E-state index in [1.54, 1.807) is 6.07 Å². The van der Waals surface area contributed by atoms with Gasteiger partial charge < -0.3 is 14.6 Å². The van der Waals surface area contributed by atoms with Crippen LogP contribution in [-0.2, 0) is 27.6 Å². The first kappa shape index (κ1) is 23.6. The molecule has 2 aromatic carbocycles. The van der Waals surface area contributed by atoms with Crippen molar-refractivity contribution in [3.63, 3.8) is 0 Å². The molecule has 7 nitrogen and oxygen atoms in total. The van der Waals surface area contributed by atoms with Crippen LogP contribution in [-0.4, -0.2) is 40.3 Å². The SMILES string of the molecule is CCc1ccc(NS(=O)(=O)c2ccc(F)cc2CCCCO)c(C(=O)OC)c1OC. The number of hydrogen-bond acceptors (Lipinski definition) is 6. The standard InChI is InChI=1S/C21H26FNO6S/c1-4-14-8-10-17(19(20(14)28-2)21(25)29-3)23-30(26,27)18-11-9-16(22)13-15(18)7-5-6-12-24/h8-11,13,23-24H,4-7,12H2,1-3H3. The van der Waals surface area contributed by atoms with E-state index in [2.05, 4.69) is 4.72 Å². The van der Waals surface area contributed by atoms with E-state index in [1.165, 1.54) is 26.4 Å². The molecular formula is C21H26FNO6S. The van der Waals surface area contributed by atoms with Gasteiger partial charge in [-0.25, -0.2) is 17.6 Å². The number of nitrogens with one attached hydrogen (secondary N) is 1. The summed E-state index contributed by atoms with van der Waals surface area (Å²) in [5.41, 5.74) is 0.966. The zero-order valence-electron chi connectivity index (χ0n) is 17.2. The fourth-order valence-corrected chi connectivity index (χ4v) is 4.48. The molecule has 0 spiro atoms. The third-order valence-corrected chi connectivity index (χ3v) is 6.09. The van der Waals surface area contributed by atoms with Crippen molar-refractivity contribution in [1.82, 2.24) is 0 Å². The minimum Gasteiger partial charge on any atom is -0.495 e. The first-order valence-corrected chi connectivity index (χ1v) is 11.0. The van der Waals surface area contributed by atoms with Crippen LogP contribution in [0, 0.1) is 5.82 Å². The summed E-state index contributed by atoms with van der Waals surface area (Å²) in [6, 6.07) is 6.54. The fraction of sp³-hybridized carbons (Fsp3) is 0.381. The number of halogens is 1. The number of anilines is 1. The highest BCUT2D eigenvalue weighted by Gasteiger charge is 2.26. The van der Waals surface area contributed by atoms with Crippen LogP contribution in [0.15, 0.2) is 35.2 Å². The Balaban J connectivity index is 2.53. The van der Waals surface area contributed by atoms with Crippen molar-refractivity contribution < 1.29 is 32.2 Å². The van der Waals surface area contributed by atoms with Gasteiger partial charge in [0, 0.05) is 6.61 Å². The number of aryl methyl sites for hydroxylation is 2. The zero-order chi connectivity index (χ0) is 22.3. The van der Waals surface area contributed by atoms with Gasteiger partial charge >= 0.3 is 5.97 Å². The number of hydrogen-bond donors (Lipinski definition) is 2. The van der Waals surface area contributed by atoms with Crippen LogP contribution in [0.25, 0.3) is 0 Å². The second-order valence-corrected chi connectivity index (χ2v) is 8.21. The number of benzene rings is 2. The number of rotatable bonds is 10. The third kappa shape index (κ3) is 5.28. The number of carbonyl (C=O) groups excluding carboxylic acids is 1. The van der Waals surface area contributed by atoms with Gasteiger partial charge in [0.2, 0.25) is 0 Å². The van der Waals surface area contributed by atoms with Gasteiger partial charge in [0.1, 0.15) is 17.1 Å².